The smallest absolute Gasteiger partial charge is 0.270 e. The standard InChI is InChI=1S/C23H23FN2O4S/c1-14(2)30-19-5-3-15(4-6-19)23-26-20(12-31-23)22(27)25-8-7-16-9-18(24)10-17-11-28-13-29-21(16)17/h3-6,9-10,12,14H,7-8,11,13H2,1-2H3,(H,25,27). The van der Waals surface area contributed by atoms with Crippen molar-refractivity contribution in [3.8, 4) is 22.1 Å². The molecule has 0 radical (unpaired) electrons. The molecule has 6 nitrogen and oxygen atoms in total. The largest absolute Gasteiger partial charge is 0.491 e. The van der Waals surface area contributed by atoms with Crippen molar-refractivity contribution < 1.29 is 23.4 Å². The van der Waals surface area contributed by atoms with Gasteiger partial charge in [0.1, 0.15) is 28.0 Å². The van der Waals surface area contributed by atoms with Gasteiger partial charge in [-0.1, -0.05) is 0 Å². The van der Waals surface area contributed by atoms with Gasteiger partial charge in [0.15, 0.2) is 6.79 Å². The number of halogens is 1. The first kappa shape index (κ1) is 21.3. The lowest BCUT2D eigenvalue weighted by atomic mass is 10.1. The van der Waals surface area contributed by atoms with Crippen LogP contribution in [0, 0.1) is 5.82 Å². The Bertz CT molecular complexity index is 1070. The summed E-state index contributed by atoms with van der Waals surface area (Å²) < 4.78 is 30.2. The maximum absolute atomic E-state index is 13.8. The molecular weight excluding hydrogens is 419 g/mol. The Morgan fingerprint density at radius 3 is 2.87 bits per heavy atom. The van der Waals surface area contributed by atoms with Gasteiger partial charge in [-0.15, -0.1) is 11.3 Å². The van der Waals surface area contributed by atoms with Crippen LogP contribution in [0.4, 0.5) is 4.39 Å². The Hall–Kier alpha value is -2.97. The van der Waals surface area contributed by atoms with E-state index < -0.39 is 0 Å². The van der Waals surface area contributed by atoms with Crippen molar-refractivity contribution in [2.24, 2.45) is 0 Å². The van der Waals surface area contributed by atoms with Crippen LogP contribution in [0.5, 0.6) is 11.5 Å². The lowest BCUT2D eigenvalue weighted by Gasteiger charge is -2.20. The number of ether oxygens (including phenoxy) is 3. The third-order valence-corrected chi connectivity index (χ3v) is 5.53. The lowest BCUT2D eigenvalue weighted by Crippen LogP contribution is -2.26. The summed E-state index contributed by atoms with van der Waals surface area (Å²) >= 11 is 1.40. The molecule has 0 bridgehead atoms. The Morgan fingerprint density at radius 1 is 1.29 bits per heavy atom. The van der Waals surface area contributed by atoms with Crippen LogP contribution >= 0.6 is 11.3 Å². The number of aromatic nitrogens is 1. The molecule has 0 saturated heterocycles. The van der Waals surface area contributed by atoms with Gasteiger partial charge < -0.3 is 19.5 Å². The van der Waals surface area contributed by atoms with E-state index in [1.165, 1.54) is 23.5 Å². The average Bonchev–Trinajstić information content (AvgIpc) is 3.24. The fraction of sp³-hybridized carbons (Fsp3) is 0.304. The topological polar surface area (TPSA) is 69.7 Å². The molecule has 0 saturated carbocycles. The Labute approximate surface area is 184 Å². The molecule has 4 rings (SSSR count). The quantitative estimate of drug-likeness (QED) is 0.580. The Kier molecular flexibility index (Phi) is 6.48. The molecule has 3 aromatic rings. The van der Waals surface area contributed by atoms with Gasteiger partial charge in [-0.25, -0.2) is 9.37 Å². The molecule has 0 unspecified atom stereocenters. The van der Waals surface area contributed by atoms with Crippen molar-refractivity contribution >= 4 is 17.2 Å². The highest BCUT2D eigenvalue weighted by atomic mass is 32.1. The molecule has 8 heteroatoms. The van der Waals surface area contributed by atoms with Gasteiger partial charge in [-0.3, -0.25) is 4.79 Å². The average molecular weight is 443 g/mol. The number of carbonyl (C=O) groups is 1. The molecule has 0 fully saturated rings. The van der Waals surface area contributed by atoms with Crippen LogP contribution in [-0.2, 0) is 17.8 Å². The number of nitrogens with zero attached hydrogens (tertiary/aromatic N) is 1. The van der Waals surface area contributed by atoms with Crippen LogP contribution < -0.4 is 14.8 Å². The molecule has 31 heavy (non-hydrogen) atoms. The van der Waals surface area contributed by atoms with E-state index in [0.29, 0.717) is 42.1 Å². The summed E-state index contributed by atoms with van der Waals surface area (Å²) in [6.07, 6.45) is 0.555. The van der Waals surface area contributed by atoms with Gasteiger partial charge in [0.25, 0.3) is 5.91 Å². The highest BCUT2D eigenvalue weighted by Gasteiger charge is 2.17. The molecular formula is C23H23FN2O4S. The van der Waals surface area contributed by atoms with E-state index in [2.05, 4.69) is 10.3 Å². The van der Waals surface area contributed by atoms with E-state index in [1.54, 1.807) is 5.38 Å². The zero-order valence-corrected chi connectivity index (χ0v) is 18.1. The fourth-order valence-corrected chi connectivity index (χ4v) is 4.11. The number of carbonyl (C=O) groups excluding carboxylic acids is 1. The first-order chi connectivity index (χ1) is 15.0. The highest BCUT2D eigenvalue weighted by molar-refractivity contribution is 7.13. The molecule has 1 aliphatic heterocycles. The minimum absolute atomic E-state index is 0.110. The predicted molar refractivity (Wildman–Crippen MR) is 116 cm³/mol. The van der Waals surface area contributed by atoms with Crippen LogP contribution in [0.1, 0.15) is 35.5 Å². The minimum Gasteiger partial charge on any atom is -0.491 e. The maximum Gasteiger partial charge on any atom is 0.270 e. The fourth-order valence-electron chi connectivity index (χ4n) is 3.30. The van der Waals surface area contributed by atoms with E-state index in [0.717, 1.165) is 16.3 Å². The van der Waals surface area contributed by atoms with E-state index in [-0.39, 0.29) is 24.6 Å². The molecule has 162 valence electrons. The molecule has 1 aliphatic rings. The molecule has 1 aromatic heterocycles. The SMILES string of the molecule is CC(C)Oc1ccc(-c2nc(C(=O)NCCc3cc(F)cc4c3OCOC4)cs2)cc1. The van der Waals surface area contributed by atoms with Crippen LogP contribution in [0.25, 0.3) is 10.6 Å². The summed E-state index contributed by atoms with van der Waals surface area (Å²) in [6.45, 7) is 4.75. The molecule has 2 aromatic carbocycles. The third-order valence-electron chi connectivity index (χ3n) is 4.64. The van der Waals surface area contributed by atoms with E-state index in [4.69, 9.17) is 14.2 Å². The second kappa shape index (κ2) is 9.45. The maximum atomic E-state index is 13.8. The van der Waals surface area contributed by atoms with Crippen LogP contribution in [0.15, 0.2) is 41.8 Å². The predicted octanol–water partition coefficient (Wildman–Crippen LogP) is 4.58. The van der Waals surface area contributed by atoms with E-state index in [1.807, 2.05) is 38.1 Å². The lowest BCUT2D eigenvalue weighted by molar-refractivity contribution is -0.0172. The summed E-state index contributed by atoms with van der Waals surface area (Å²) in [4.78, 5) is 16.9. The minimum atomic E-state index is -0.344. The number of fused-ring (bicyclic) bond motifs is 1. The molecule has 0 spiro atoms. The van der Waals surface area contributed by atoms with Crippen LogP contribution in [0.2, 0.25) is 0 Å². The molecule has 1 N–H and O–H groups in total. The number of amides is 1. The summed E-state index contributed by atoms with van der Waals surface area (Å²) in [5, 5.41) is 5.33. The van der Waals surface area contributed by atoms with E-state index >= 15 is 0 Å². The highest BCUT2D eigenvalue weighted by Crippen LogP contribution is 2.30. The van der Waals surface area contributed by atoms with Gasteiger partial charge in [0.05, 0.1) is 12.7 Å². The van der Waals surface area contributed by atoms with Gasteiger partial charge >= 0.3 is 0 Å². The van der Waals surface area contributed by atoms with Gasteiger partial charge in [-0.05, 0) is 62.2 Å². The molecule has 2 heterocycles. The number of thiazole rings is 1. The zero-order valence-electron chi connectivity index (χ0n) is 17.3. The zero-order chi connectivity index (χ0) is 21.8. The summed E-state index contributed by atoms with van der Waals surface area (Å²) in [6, 6.07) is 10.5. The summed E-state index contributed by atoms with van der Waals surface area (Å²) in [5.74, 6) is 0.825. The Balaban J connectivity index is 1.36. The molecule has 1 amide bonds. The number of hydrogen-bond donors (Lipinski definition) is 1. The van der Waals surface area contributed by atoms with Crippen molar-refractivity contribution in [2.45, 2.75) is 33.0 Å². The summed E-state index contributed by atoms with van der Waals surface area (Å²) in [7, 11) is 0. The van der Waals surface area contributed by atoms with Crippen LogP contribution in [0.3, 0.4) is 0 Å². The number of nitrogens with one attached hydrogen (secondary N) is 1. The molecule has 0 atom stereocenters. The monoisotopic (exact) mass is 442 g/mol. The van der Waals surface area contributed by atoms with E-state index in [9.17, 15) is 9.18 Å². The summed E-state index contributed by atoms with van der Waals surface area (Å²) in [5.41, 5.74) is 2.67. The van der Waals surface area contributed by atoms with Crippen molar-refractivity contribution in [1.29, 1.82) is 0 Å². The molecule has 0 aliphatic carbocycles. The third kappa shape index (κ3) is 5.21. The number of benzene rings is 2. The first-order valence-corrected chi connectivity index (χ1v) is 10.9. The van der Waals surface area contributed by atoms with Gasteiger partial charge in [-0.2, -0.15) is 0 Å². The van der Waals surface area contributed by atoms with Gasteiger partial charge in [0, 0.05) is 23.1 Å². The second-order valence-corrected chi connectivity index (χ2v) is 8.26. The van der Waals surface area contributed by atoms with Crippen molar-refractivity contribution in [2.75, 3.05) is 13.3 Å². The van der Waals surface area contributed by atoms with Crippen molar-refractivity contribution in [3.63, 3.8) is 0 Å². The number of rotatable bonds is 7. The van der Waals surface area contributed by atoms with Crippen molar-refractivity contribution in [1.82, 2.24) is 10.3 Å². The van der Waals surface area contributed by atoms with Crippen molar-refractivity contribution in [3.05, 3.63) is 64.4 Å². The Morgan fingerprint density at radius 2 is 2.10 bits per heavy atom. The van der Waals surface area contributed by atoms with Gasteiger partial charge in [0.2, 0.25) is 0 Å². The van der Waals surface area contributed by atoms with Crippen LogP contribution in [-0.4, -0.2) is 30.3 Å². The second-order valence-electron chi connectivity index (χ2n) is 7.40. The number of hydrogen-bond acceptors (Lipinski definition) is 6. The normalized spacial score (nSPS) is 12.9. The first-order valence-electron chi connectivity index (χ1n) is 10.0.